The molecular formula is C12H20N4O2. The van der Waals surface area contributed by atoms with Crippen molar-refractivity contribution in [1.29, 1.82) is 0 Å². The van der Waals surface area contributed by atoms with Crippen LogP contribution < -0.4 is 15.4 Å². The molecule has 0 bridgehead atoms. The molecule has 0 saturated carbocycles. The van der Waals surface area contributed by atoms with Gasteiger partial charge in [0.05, 0.1) is 7.11 Å². The summed E-state index contributed by atoms with van der Waals surface area (Å²) in [5.41, 5.74) is -0.00903. The molecule has 6 heteroatoms. The van der Waals surface area contributed by atoms with E-state index in [0.717, 1.165) is 31.9 Å². The summed E-state index contributed by atoms with van der Waals surface area (Å²) in [5.74, 6) is 2.06. The lowest BCUT2D eigenvalue weighted by Gasteiger charge is -2.35. The number of aromatic nitrogens is 2. The van der Waals surface area contributed by atoms with E-state index in [2.05, 4.69) is 27.5 Å². The second kappa shape index (κ2) is 5.39. The largest absolute Gasteiger partial charge is 0.490 e. The Hall–Kier alpha value is -1.56. The van der Waals surface area contributed by atoms with E-state index in [0.29, 0.717) is 11.6 Å². The van der Waals surface area contributed by atoms with Crippen LogP contribution in [-0.2, 0) is 4.74 Å². The molecule has 1 aromatic heterocycles. The van der Waals surface area contributed by atoms with Gasteiger partial charge in [0.25, 0.3) is 0 Å². The van der Waals surface area contributed by atoms with Crippen LogP contribution in [0.5, 0.6) is 5.75 Å². The van der Waals surface area contributed by atoms with Crippen LogP contribution in [0, 0.1) is 0 Å². The predicted molar refractivity (Wildman–Crippen MR) is 70.2 cm³/mol. The molecule has 1 fully saturated rings. The lowest BCUT2D eigenvalue weighted by atomic mass is 9.92. The van der Waals surface area contributed by atoms with Crippen LogP contribution in [0.3, 0.4) is 0 Å². The van der Waals surface area contributed by atoms with Gasteiger partial charge in [-0.05, 0) is 19.8 Å². The van der Waals surface area contributed by atoms with Gasteiger partial charge in [-0.15, -0.1) is 0 Å². The summed E-state index contributed by atoms with van der Waals surface area (Å²) in [6.07, 6.45) is 3.43. The van der Waals surface area contributed by atoms with Gasteiger partial charge in [-0.3, -0.25) is 0 Å². The van der Waals surface area contributed by atoms with Gasteiger partial charge in [0.2, 0.25) is 5.75 Å². The normalized spacial score (nSPS) is 18.2. The van der Waals surface area contributed by atoms with Crippen LogP contribution in [0.25, 0.3) is 0 Å². The standard InChI is InChI=1S/C12H20N4O2/c1-12(4-6-18-7-5-12)16-11-9(17-3)10(13-2)14-8-15-11/h8H,4-7H2,1-3H3,(H2,13,14,15,16). The summed E-state index contributed by atoms with van der Waals surface area (Å²) in [6.45, 7) is 3.72. The van der Waals surface area contributed by atoms with Gasteiger partial charge in [0.15, 0.2) is 11.6 Å². The van der Waals surface area contributed by atoms with Crippen molar-refractivity contribution >= 4 is 11.6 Å². The minimum Gasteiger partial charge on any atom is -0.490 e. The monoisotopic (exact) mass is 252 g/mol. The molecule has 1 aliphatic rings. The van der Waals surface area contributed by atoms with Gasteiger partial charge >= 0.3 is 0 Å². The summed E-state index contributed by atoms with van der Waals surface area (Å²) < 4.78 is 10.8. The van der Waals surface area contributed by atoms with E-state index >= 15 is 0 Å². The first-order valence-electron chi connectivity index (χ1n) is 6.11. The average molecular weight is 252 g/mol. The van der Waals surface area contributed by atoms with Gasteiger partial charge in [-0.25, -0.2) is 9.97 Å². The topological polar surface area (TPSA) is 68.3 Å². The fourth-order valence-corrected chi connectivity index (χ4v) is 2.07. The number of nitrogens with one attached hydrogen (secondary N) is 2. The van der Waals surface area contributed by atoms with Crippen LogP contribution in [0.15, 0.2) is 6.33 Å². The zero-order valence-electron chi connectivity index (χ0n) is 11.1. The molecule has 0 amide bonds. The highest BCUT2D eigenvalue weighted by molar-refractivity contribution is 5.64. The molecule has 0 atom stereocenters. The van der Waals surface area contributed by atoms with E-state index in [4.69, 9.17) is 9.47 Å². The molecule has 1 aliphatic heterocycles. The molecule has 0 spiro atoms. The molecular weight excluding hydrogens is 232 g/mol. The first-order valence-corrected chi connectivity index (χ1v) is 6.11. The Labute approximate surface area is 107 Å². The molecule has 0 unspecified atom stereocenters. The van der Waals surface area contributed by atoms with Crippen molar-refractivity contribution in [3.8, 4) is 5.75 Å². The lowest BCUT2D eigenvalue weighted by Crippen LogP contribution is -2.41. The number of anilines is 2. The molecule has 18 heavy (non-hydrogen) atoms. The Kier molecular flexibility index (Phi) is 3.86. The Balaban J connectivity index is 2.22. The Bertz CT molecular complexity index is 405. The molecule has 2 rings (SSSR count). The minimum atomic E-state index is -0.00903. The quantitative estimate of drug-likeness (QED) is 0.846. The fraction of sp³-hybridized carbons (Fsp3) is 0.667. The summed E-state index contributed by atoms with van der Waals surface area (Å²) in [4.78, 5) is 8.40. The van der Waals surface area contributed by atoms with E-state index in [1.165, 1.54) is 6.33 Å². The number of ether oxygens (including phenoxy) is 2. The van der Waals surface area contributed by atoms with Crippen molar-refractivity contribution < 1.29 is 9.47 Å². The summed E-state index contributed by atoms with van der Waals surface area (Å²) in [7, 11) is 3.43. The maximum Gasteiger partial charge on any atom is 0.204 e. The predicted octanol–water partition coefficient (Wildman–Crippen LogP) is 1.51. The molecule has 2 heterocycles. The lowest BCUT2D eigenvalue weighted by molar-refractivity contribution is 0.0656. The van der Waals surface area contributed by atoms with Crippen LogP contribution >= 0.6 is 0 Å². The summed E-state index contributed by atoms with van der Waals surface area (Å²) in [6, 6.07) is 0. The van der Waals surface area contributed by atoms with Crippen LogP contribution in [-0.4, -0.2) is 42.9 Å². The van der Waals surface area contributed by atoms with E-state index in [1.54, 1.807) is 7.11 Å². The summed E-state index contributed by atoms with van der Waals surface area (Å²) in [5, 5.41) is 6.45. The van der Waals surface area contributed by atoms with Crippen molar-refractivity contribution in [2.75, 3.05) is 38.0 Å². The number of nitrogens with zero attached hydrogens (tertiary/aromatic N) is 2. The molecule has 0 aliphatic carbocycles. The van der Waals surface area contributed by atoms with Gasteiger partial charge < -0.3 is 20.1 Å². The maximum atomic E-state index is 5.39. The highest BCUT2D eigenvalue weighted by Crippen LogP contribution is 2.33. The highest BCUT2D eigenvalue weighted by atomic mass is 16.5. The molecule has 1 aromatic rings. The zero-order valence-corrected chi connectivity index (χ0v) is 11.1. The molecule has 2 N–H and O–H groups in total. The van der Waals surface area contributed by atoms with Crippen molar-refractivity contribution in [1.82, 2.24) is 9.97 Å². The zero-order chi connectivity index (χ0) is 13.0. The second-order valence-corrected chi connectivity index (χ2v) is 4.65. The van der Waals surface area contributed by atoms with E-state index < -0.39 is 0 Å². The van der Waals surface area contributed by atoms with Crippen molar-refractivity contribution in [2.45, 2.75) is 25.3 Å². The third kappa shape index (κ3) is 2.64. The van der Waals surface area contributed by atoms with Crippen LogP contribution in [0.1, 0.15) is 19.8 Å². The Morgan fingerprint density at radius 3 is 2.56 bits per heavy atom. The van der Waals surface area contributed by atoms with Gasteiger partial charge in [-0.2, -0.15) is 0 Å². The van der Waals surface area contributed by atoms with Gasteiger partial charge in [-0.1, -0.05) is 0 Å². The van der Waals surface area contributed by atoms with Crippen molar-refractivity contribution in [2.24, 2.45) is 0 Å². The Morgan fingerprint density at radius 1 is 1.28 bits per heavy atom. The third-order valence-corrected chi connectivity index (χ3v) is 3.26. The van der Waals surface area contributed by atoms with E-state index in [9.17, 15) is 0 Å². The van der Waals surface area contributed by atoms with Gasteiger partial charge in [0, 0.05) is 25.8 Å². The maximum absolute atomic E-state index is 5.39. The molecule has 1 saturated heterocycles. The number of rotatable bonds is 4. The fourth-order valence-electron chi connectivity index (χ4n) is 2.07. The average Bonchev–Trinajstić information content (AvgIpc) is 2.38. The second-order valence-electron chi connectivity index (χ2n) is 4.65. The van der Waals surface area contributed by atoms with Crippen LogP contribution in [0.4, 0.5) is 11.6 Å². The van der Waals surface area contributed by atoms with Gasteiger partial charge in [0.1, 0.15) is 6.33 Å². The molecule has 6 nitrogen and oxygen atoms in total. The molecule has 100 valence electrons. The first-order chi connectivity index (χ1) is 8.68. The number of hydrogen-bond acceptors (Lipinski definition) is 6. The summed E-state index contributed by atoms with van der Waals surface area (Å²) >= 11 is 0. The SMILES string of the molecule is CNc1ncnc(NC2(C)CCOCC2)c1OC. The highest BCUT2D eigenvalue weighted by Gasteiger charge is 2.29. The van der Waals surface area contributed by atoms with Crippen molar-refractivity contribution in [3.63, 3.8) is 0 Å². The first kappa shape index (κ1) is 12.9. The number of methoxy groups -OCH3 is 1. The van der Waals surface area contributed by atoms with Crippen molar-refractivity contribution in [3.05, 3.63) is 6.33 Å². The van der Waals surface area contributed by atoms with Crippen LogP contribution in [0.2, 0.25) is 0 Å². The Morgan fingerprint density at radius 2 is 1.94 bits per heavy atom. The smallest absolute Gasteiger partial charge is 0.204 e. The third-order valence-electron chi connectivity index (χ3n) is 3.26. The van der Waals surface area contributed by atoms with E-state index in [-0.39, 0.29) is 5.54 Å². The van der Waals surface area contributed by atoms with E-state index in [1.807, 2.05) is 7.05 Å². The molecule has 0 radical (unpaired) electrons. The number of hydrogen-bond donors (Lipinski definition) is 2. The molecule has 0 aromatic carbocycles. The minimum absolute atomic E-state index is 0.00903.